The molecule has 0 aromatic carbocycles. The molecule has 0 bridgehead atoms. The quantitative estimate of drug-likeness (QED) is 0.164. The van der Waals surface area contributed by atoms with Gasteiger partial charge in [-0.25, -0.2) is 4.79 Å². The number of aliphatic carboxylic acids is 1. The number of hydrogen-bond acceptors (Lipinski definition) is 8. The Balaban J connectivity index is 4.71. The smallest absolute Gasteiger partial charge is 0.327 e. The fraction of sp³-hybridized carbons (Fsp3) is 0.583. The molecule has 4 amide bonds. The third-order valence-electron chi connectivity index (χ3n) is 2.81. The Labute approximate surface area is 154 Å². The Morgan fingerprint density at radius 3 is 2.00 bits per heavy atom. The normalized spacial score (nSPS) is 13.9. The van der Waals surface area contributed by atoms with Crippen LogP contribution < -0.4 is 27.4 Å². The monoisotopic (exact) mass is 395 g/mol. The molecule has 0 aliphatic heterocycles. The topological polar surface area (TPSA) is 194 Å². The SMILES string of the molecule is NC(=O)CC(NC(=O)C(N)CS)C(=O)NCC(=O)NC(CS)C(=O)O. The molecule has 3 atom stereocenters. The Kier molecular flexibility index (Phi) is 10.6. The van der Waals surface area contributed by atoms with E-state index in [0.29, 0.717) is 0 Å². The van der Waals surface area contributed by atoms with Crippen molar-refractivity contribution in [2.45, 2.75) is 24.5 Å². The molecule has 8 N–H and O–H groups in total. The van der Waals surface area contributed by atoms with Crippen LogP contribution in [0.4, 0.5) is 0 Å². The van der Waals surface area contributed by atoms with Gasteiger partial charge in [-0.2, -0.15) is 25.3 Å². The van der Waals surface area contributed by atoms with Gasteiger partial charge in [0, 0.05) is 11.5 Å². The second-order valence-electron chi connectivity index (χ2n) is 4.88. The largest absolute Gasteiger partial charge is 0.480 e. The predicted molar refractivity (Wildman–Crippen MR) is 94.0 cm³/mol. The number of carboxylic acids is 1. The molecule has 0 rings (SSSR count). The Morgan fingerprint density at radius 2 is 1.56 bits per heavy atom. The van der Waals surface area contributed by atoms with Crippen molar-refractivity contribution >= 4 is 54.9 Å². The summed E-state index contributed by atoms with van der Waals surface area (Å²) in [6.45, 7) is -0.569. The zero-order valence-electron chi connectivity index (χ0n) is 13.1. The summed E-state index contributed by atoms with van der Waals surface area (Å²) in [5.41, 5.74) is 10.5. The van der Waals surface area contributed by atoms with Crippen molar-refractivity contribution in [1.82, 2.24) is 16.0 Å². The number of amides is 4. The van der Waals surface area contributed by atoms with E-state index in [1.165, 1.54) is 0 Å². The first-order valence-corrected chi connectivity index (χ1v) is 8.24. The summed E-state index contributed by atoms with van der Waals surface area (Å²) in [5.74, 6) is -4.63. The Hall–Kier alpha value is -1.99. The summed E-state index contributed by atoms with van der Waals surface area (Å²) in [6.07, 6.45) is -0.507. The van der Waals surface area contributed by atoms with E-state index in [0.717, 1.165) is 0 Å². The van der Waals surface area contributed by atoms with E-state index in [1.54, 1.807) is 0 Å². The summed E-state index contributed by atoms with van der Waals surface area (Å²) in [5, 5.41) is 15.3. The third kappa shape index (κ3) is 9.16. The number of carbonyl (C=O) groups is 5. The molecule has 25 heavy (non-hydrogen) atoms. The van der Waals surface area contributed by atoms with Crippen LogP contribution >= 0.6 is 25.3 Å². The fourth-order valence-electron chi connectivity index (χ4n) is 1.49. The maximum absolute atomic E-state index is 12.0. The molecule has 3 unspecified atom stereocenters. The highest BCUT2D eigenvalue weighted by Crippen LogP contribution is 1.95. The first kappa shape index (κ1) is 23.0. The first-order valence-electron chi connectivity index (χ1n) is 6.98. The van der Waals surface area contributed by atoms with Crippen molar-refractivity contribution in [2.75, 3.05) is 18.1 Å². The lowest BCUT2D eigenvalue weighted by molar-refractivity contribution is -0.141. The van der Waals surface area contributed by atoms with Gasteiger partial charge in [0.2, 0.25) is 23.6 Å². The lowest BCUT2D eigenvalue weighted by Gasteiger charge is -2.19. The molecule has 0 aliphatic carbocycles. The number of thiol groups is 2. The summed E-state index contributed by atoms with van der Waals surface area (Å²) in [4.78, 5) is 57.1. The minimum Gasteiger partial charge on any atom is -0.480 e. The maximum atomic E-state index is 12.0. The van der Waals surface area contributed by atoms with Crippen LogP contribution in [-0.4, -0.2) is 70.9 Å². The third-order valence-corrected chi connectivity index (χ3v) is 3.57. The molecular formula is C12H21N5O6S2. The zero-order chi connectivity index (χ0) is 19.6. The highest BCUT2D eigenvalue weighted by atomic mass is 32.1. The second-order valence-corrected chi connectivity index (χ2v) is 5.61. The maximum Gasteiger partial charge on any atom is 0.327 e. The van der Waals surface area contributed by atoms with Crippen molar-refractivity contribution in [2.24, 2.45) is 11.5 Å². The average molecular weight is 395 g/mol. The van der Waals surface area contributed by atoms with E-state index in [9.17, 15) is 24.0 Å². The molecule has 0 spiro atoms. The first-order chi connectivity index (χ1) is 11.6. The highest BCUT2D eigenvalue weighted by Gasteiger charge is 2.26. The van der Waals surface area contributed by atoms with Crippen LogP contribution in [0.15, 0.2) is 0 Å². The van der Waals surface area contributed by atoms with E-state index in [2.05, 4.69) is 41.2 Å². The van der Waals surface area contributed by atoms with E-state index < -0.39 is 60.7 Å². The molecule has 0 fully saturated rings. The fourth-order valence-corrected chi connectivity index (χ4v) is 1.91. The van der Waals surface area contributed by atoms with Gasteiger partial charge in [-0.3, -0.25) is 19.2 Å². The lowest BCUT2D eigenvalue weighted by Crippen LogP contribution is -2.54. The Bertz CT molecular complexity index is 532. The number of nitrogens with one attached hydrogen (secondary N) is 3. The van der Waals surface area contributed by atoms with E-state index >= 15 is 0 Å². The van der Waals surface area contributed by atoms with Crippen molar-refractivity contribution in [3.05, 3.63) is 0 Å². The number of hydrogen-bond donors (Lipinski definition) is 8. The van der Waals surface area contributed by atoms with Crippen LogP contribution in [0.3, 0.4) is 0 Å². The number of rotatable bonds is 11. The molecule has 0 aromatic rings. The Morgan fingerprint density at radius 1 is 0.960 bits per heavy atom. The lowest BCUT2D eigenvalue weighted by atomic mass is 10.1. The van der Waals surface area contributed by atoms with Crippen LogP contribution in [0.2, 0.25) is 0 Å². The predicted octanol–water partition coefficient (Wildman–Crippen LogP) is -3.78. The summed E-state index contributed by atoms with van der Waals surface area (Å²) in [7, 11) is 0. The van der Waals surface area contributed by atoms with Gasteiger partial charge >= 0.3 is 5.97 Å². The van der Waals surface area contributed by atoms with Gasteiger partial charge < -0.3 is 32.5 Å². The molecule has 0 aromatic heterocycles. The summed E-state index contributed by atoms with van der Waals surface area (Å²) < 4.78 is 0. The van der Waals surface area contributed by atoms with E-state index in [1.807, 2.05) is 0 Å². The van der Waals surface area contributed by atoms with Crippen LogP contribution in [0, 0.1) is 0 Å². The van der Waals surface area contributed by atoms with Gasteiger partial charge in [0.1, 0.15) is 12.1 Å². The van der Waals surface area contributed by atoms with Crippen molar-refractivity contribution < 1.29 is 29.1 Å². The van der Waals surface area contributed by atoms with Gasteiger partial charge in [0.25, 0.3) is 0 Å². The number of primary amides is 1. The second kappa shape index (κ2) is 11.5. The number of nitrogens with two attached hydrogens (primary N) is 2. The van der Waals surface area contributed by atoms with Gasteiger partial charge in [-0.05, 0) is 0 Å². The molecule has 0 heterocycles. The van der Waals surface area contributed by atoms with E-state index in [4.69, 9.17) is 16.6 Å². The molecule has 142 valence electrons. The highest BCUT2D eigenvalue weighted by molar-refractivity contribution is 7.80. The van der Waals surface area contributed by atoms with Crippen LogP contribution in [0.5, 0.6) is 0 Å². The summed E-state index contributed by atoms with van der Waals surface area (Å²) in [6, 6.07) is -3.55. The molecule has 13 heteroatoms. The number of carbonyl (C=O) groups excluding carboxylic acids is 4. The van der Waals surface area contributed by atoms with Crippen LogP contribution in [-0.2, 0) is 24.0 Å². The number of carboxylic acid groups (broad SMARTS) is 1. The van der Waals surface area contributed by atoms with Crippen LogP contribution in [0.25, 0.3) is 0 Å². The van der Waals surface area contributed by atoms with Gasteiger partial charge in [-0.1, -0.05) is 0 Å². The molecule has 0 radical (unpaired) electrons. The van der Waals surface area contributed by atoms with Crippen molar-refractivity contribution in [3.63, 3.8) is 0 Å². The van der Waals surface area contributed by atoms with E-state index in [-0.39, 0.29) is 11.5 Å². The van der Waals surface area contributed by atoms with Crippen LogP contribution in [0.1, 0.15) is 6.42 Å². The minimum atomic E-state index is -1.33. The van der Waals surface area contributed by atoms with Gasteiger partial charge in [-0.15, -0.1) is 0 Å². The summed E-state index contributed by atoms with van der Waals surface area (Å²) >= 11 is 7.61. The van der Waals surface area contributed by atoms with Crippen molar-refractivity contribution in [3.8, 4) is 0 Å². The zero-order valence-corrected chi connectivity index (χ0v) is 14.9. The molecule has 0 aliphatic rings. The molecule has 11 nitrogen and oxygen atoms in total. The van der Waals surface area contributed by atoms with Crippen molar-refractivity contribution in [1.29, 1.82) is 0 Å². The molecule has 0 saturated carbocycles. The average Bonchev–Trinajstić information content (AvgIpc) is 2.55. The standard InChI is InChI=1S/C12H21N5O6S2/c13-5(3-24)10(20)17-6(1-8(14)18)11(21)15-2-9(19)16-7(4-25)12(22)23/h5-7,24-25H,1-4,13H2,(H2,14,18)(H,15,21)(H,16,19)(H,17,20)(H,22,23). The van der Waals surface area contributed by atoms with Gasteiger partial charge in [0.15, 0.2) is 0 Å². The molecular weight excluding hydrogens is 374 g/mol. The minimum absolute atomic E-state index is 0.0133. The van der Waals surface area contributed by atoms with Gasteiger partial charge in [0.05, 0.1) is 19.0 Å². The molecule has 0 saturated heterocycles.